The van der Waals surface area contributed by atoms with Crippen LogP contribution in [0.5, 0.6) is 5.75 Å². The fourth-order valence-corrected chi connectivity index (χ4v) is 3.98. The van der Waals surface area contributed by atoms with Crippen molar-refractivity contribution in [2.45, 2.75) is 57.5 Å². The van der Waals surface area contributed by atoms with E-state index in [0.717, 1.165) is 18.6 Å². The molecule has 118 valence electrons. The van der Waals surface area contributed by atoms with E-state index in [1.807, 2.05) is 0 Å². The largest absolute Gasteiger partial charge is 0.496 e. The van der Waals surface area contributed by atoms with Gasteiger partial charge in [-0.2, -0.15) is 0 Å². The molecule has 0 bridgehead atoms. The van der Waals surface area contributed by atoms with E-state index in [1.54, 1.807) is 7.11 Å². The third kappa shape index (κ3) is 2.95. The molecule has 1 saturated carbocycles. The highest BCUT2D eigenvalue weighted by molar-refractivity contribution is 5.46. The van der Waals surface area contributed by atoms with Gasteiger partial charge in [0.15, 0.2) is 0 Å². The van der Waals surface area contributed by atoms with Gasteiger partial charge in [0.05, 0.1) is 13.2 Å². The van der Waals surface area contributed by atoms with Crippen LogP contribution < -0.4 is 10.5 Å². The Balaban J connectivity index is 2.48. The average molecular weight is 290 g/mol. The van der Waals surface area contributed by atoms with Crippen molar-refractivity contribution in [2.24, 2.45) is 5.73 Å². The zero-order chi connectivity index (χ0) is 15.6. The van der Waals surface area contributed by atoms with Crippen molar-refractivity contribution in [3.05, 3.63) is 28.8 Å². The Kier molecular flexibility index (Phi) is 4.95. The zero-order valence-corrected chi connectivity index (χ0v) is 14.2. The maximum Gasteiger partial charge on any atom is 0.124 e. The highest BCUT2D eigenvalue weighted by atomic mass is 16.5. The molecule has 2 rings (SSSR count). The van der Waals surface area contributed by atoms with E-state index < -0.39 is 0 Å². The second-order valence-corrected chi connectivity index (χ2v) is 6.73. The third-order valence-electron chi connectivity index (χ3n) is 5.21. The van der Waals surface area contributed by atoms with Crippen LogP contribution in [0.25, 0.3) is 0 Å². The molecular weight excluding hydrogens is 260 g/mol. The summed E-state index contributed by atoms with van der Waals surface area (Å²) in [6.45, 7) is 4.25. The molecule has 1 atom stereocenters. The summed E-state index contributed by atoms with van der Waals surface area (Å²) in [5.41, 5.74) is 10.5. The third-order valence-corrected chi connectivity index (χ3v) is 5.21. The molecule has 0 spiro atoms. The Hall–Kier alpha value is -1.06. The van der Waals surface area contributed by atoms with Gasteiger partial charge in [0.1, 0.15) is 5.75 Å². The number of hydrogen-bond donors (Lipinski definition) is 1. The van der Waals surface area contributed by atoms with Crippen molar-refractivity contribution in [3.63, 3.8) is 0 Å². The molecule has 1 aromatic rings. The number of likely N-dealkylation sites (N-methyl/N-ethyl adjacent to an activating group) is 1. The molecule has 1 aliphatic rings. The molecule has 1 aromatic carbocycles. The summed E-state index contributed by atoms with van der Waals surface area (Å²) in [7, 11) is 6.08. The van der Waals surface area contributed by atoms with Gasteiger partial charge in [0, 0.05) is 11.1 Å². The molecule has 0 saturated heterocycles. The summed E-state index contributed by atoms with van der Waals surface area (Å²) in [6, 6.07) is 4.31. The van der Waals surface area contributed by atoms with Gasteiger partial charge < -0.3 is 15.4 Å². The Morgan fingerprint density at radius 1 is 1.14 bits per heavy atom. The lowest BCUT2D eigenvalue weighted by molar-refractivity contribution is 0.0702. The summed E-state index contributed by atoms with van der Waals surface area (Å²) in [6.07, 6.45) is 6.18. The van der Waals surface area contributed by atoms with Crippen LogP contribution in [-0.2, 0) is 0 Å². The van der Waals surface area contributed by atoms with Crippen LogP contribution in [-0.4, -0.2) is 31.6 Å². The van der Waals surface area contributed by atoms with Gasteiger partial charge in [-0.25, -0.2) is 0 Å². The average Bonchev–Trinajstić information content (AvgIpc) is 2.46. The predicted molar refractivity (Wildman–Crippen MR) is 88.9 cm³/mol. The molecule has 0 heterocycles. The first kappa shape index (κ1) is 16.3. The molecule has 1 unspecified atom stereocenters. The lowest BCUT2D eigenvalue weighted by atomic mass is 9.72. The topological polar surface area (TPSA) is 38.5 Å². The molecule has 0 amide bonds. The van der Waals surface area contributed by atoms with Crippen LogP contribution in [0.4, 0.5) is 0 Å². The molecule has 21 heavy (non-hydrogen) atoms. The number of methoxy groups -OCH3 is 1. The van der Waals surface area contributed by atoms with Crippen LogP contribution in [0.15, 0.2) is 12.1 Å². The highest BCUT2D eigenvalue weighted by Gasteiger charge is 2.42. The number of hydrogen-bond acceptors (Lipinski definition) is 3. The minimum absolute atomic E-state index is 0.0108. The molecule has 1 aliphatic carbocycles. The van der Waals surface area contributed by atoms with Gasteiger partial charge >= 0.3 is 0 Å². The van der Waals surface area contributed by atoms with E-state index in [0.29, 0.717) is 0 Å². The van der Waals surface area contributed by atoms with E-state index in [-0.39, 0.29) is 11.6 Å². The summed E-state index contributed by atoms with van der Waals surface area (Å²) < 4.78 is 5.65. The monoisotopic (exact) mass is 290 g/mol. The van der Waals surface area contributed by atoms with Gasteiger partial charge in [-0.05, 0) is 58.0 Å². The Morgan fingerprint density at radius 2 is 1.76 bits per heavy atom. The summed E-state index contributed by atoms with van der Waals surface area (Å²) in [4.78, 5) is 2.34. The molecule has 3 heteroatoms. The van der Waals surface area contributed by atoms with Crippen LogP contribution in [0.3, 0.4) is 0 Å². The van der Waals surface area contributed by atoms with Crippen molar-refractivity contribution >= 4 is 0 Å². The van der Waals surface area contributed by atoms with Gasteiger partial charge in [-0.1, -0.05) is 25.3 Å². The van der Waals surface area contributed by atoms with Crippen LogP contribution >= 0.6 is 0 Å². The zero-order valence-electron chi connectivity index (χ0n) is 14.2. The number of nitrogens with two attached hydrogens (primary N) is 1. The summed E-state index contributed by atoms with van der Waals surface area (Å²) >= 11 is 0. The molecule has 0 radical (unpaired) electrons. The maximum absolute atomic E-state index is 6.81. The van der Waals surface area contributed by atoms with Crippen molar-refractivity contribution in [1.82, 2.24) is 4.90 Å². The first-order chi connectivity index (χ1) is 9.92. The highest BCUT2D eigenvalue weighted by Crippen LogP contribution is 2.44. The number of benzene rings is 1. The van der Waals surface area contributed by atoms with Gasteiger partial charge in [0.2, 0.25) is 0 Å². The standard InChI is InChI=1S/C18H30N2O/c1-13-11-14(2)16(15(12-13)21-5)17(19)18(20(3)4)9-7-6-8-10-18/h11-12,17H,6-10,19H2,1-5H3. The number of nitrogens with zero attached hydrogens (tertiary/aromatic N) is 1. The van der Waals surface area contributed by atoms with Crippen LogP contribution in [0.2, 0.25) is 0 Å². The summed E-state index contributed by atoms with van der Waals surface area (Å²) in [5, 5.41) is 0. The van der Waals surface area contributed by atoms with Crippen LogP contribution in [0, 0.1) is 13.8 Å². The van der Waals surface area contributed by atoms with Crippen molar-refractivity contribution in [1.29, 1.82) is 0 Å². The lowest BCUT2D eigenvalue weighted by Crippen LogP contribution is -2.53. The fraction of sp³-hybridized carbons (Fsp3) is 0.667. The Labute approximate surface area is 129 Å². The van der Waals surface area contributed by atoms with Crippen molar-refractivity contribution in [3.8, 4) is 5.75 Å². The molecule has 1 fully saturated rings. The SMILES string of the molecule is COc1cc(C)cc(C)c1C(N)C1(N(C)C)CCCCC1. The second-order valence-electron chi connectivity index (χ2n) is 6.73. The smallest absolute Gasteiger partial charge is 0.124 e. The number of aryl methyl sites for hydroxylation is 2. The molecule has 0 aliphatic heterocycles. The fourth-order valence-electron chi connectivity index (χ4n) is 3.98. The molecular formula is C18H30N2O. The van der Waals surface area contributed by atoms with E-state index in [9.17, 15) is 0 Å². The quantitative estimate of drug-likeness (QED) is 0.921. The molecule has 3 nitrogen and oxygen atoms in total. The number of rotatable bonds is 4. The van der Waals surface area contributed by atoms with Gasteiger partial charge in [0.25, 0.3) is 0 Å². The van der Waals surface area contributed by atoms with Crippen molar-refractivity contribution in [2.75, 3.05) is 21.2 Å². The summed E-state index contributed by atoms with van der Waals surface area (Å²) in [5.74, 6) is 0.937. The van der Waals surface area contributed by atoms with Crippen LogP contribution in [0.1, 0.15) is 54.8 Å². The Bertz CT molecular complexity index is 490. The first-order valence-corrected chi connectivity index (χ1v) is 8.00. The van der Waals surface area contributed by atoms with Crippen molar-refractivity contribution < 1.29 is 4.74 Å². The maximum atomic E-state index is 6.81. The van der Waals surface area contributed by atoms with Gasteiger partial charge in [-0.3, -0.25) is 0 Å². The van der Waals surface area contributed by atoms with E-state index >= 15 is 0 Å². The first-order valence-electron chi connectivity index (χ1n) is 8.00. The predicted octanol–water partition coefficient (Wildman–Crippen LogP) is 3.58. The van der Waals surface area contributed by atoms with Gasteiger partial charge in [-0.15, -0.1) is 0 Å². The van der Waals surface area contributed by atoms with E-state index in [1.165, 1.54) is 36.0 Å². The minimum atomic E-state index is -0.0108. The second kappa shape index (κ2) is 6.37. The van der Waals surface area contributed by atoms with E-state index in [2.05, 4.69) is 45.0 Å². The minimum Gasteiger partial charge on any atom is -0.496 e. The molecule has 0 aromatic heterocycles. The normalized spacial score (nSPS) is 19.6. The lowest BCUT2D eigenvalue weighted by Gasteiger charge is -2.47. The van der Waals surface area contributed by atoms with E-state index in [4.69, 9.17) is 10.5 Å². The molecule has 2 N–H and O–H groups in total. The number of ether oxygens (including phenoxy) is 1. The Morgan fingerprint density at radius 3 is 2.29 bits per heavy atom.